The topological polar surface area (TPSA) is 71.8 Å². The second-order valence-electron chi connectivity index (χ2n) is 5.03. The minimum atomic E-state index is -0.192. The number of halogens is 1. The maximum Gasteiger partial charge on any atom is 0.273 e. The summed E-state index contributed by atoms with van der Waals surface area (Å²) >= 11 is 5.83. The molecule has 6 nitrogen and oxygen atoms in total. The van der Waals surface area contributed by atoms with Crippen LogP contribution in [0.4, 0.5) is 0 Å². The maximum atomic E-state index is 12.0. The van der Waals surface area contributed by atoms with Gasteiger partial charge < -0.3 is 10.6 Å². The van der Waals surface area contributed by atoms with E-state index >= 15 is 0 Å². The van der Waals surface area contributed by atoms with Gasteiger partial charge in [-0.1, -0.05) is 28.9 Å². The number of benzene rings is 1. The largest absolute Gasteiger partial charge is 0.350 e. The van der Waals surface area contributed by atoms with Crippen molar-refractivity contribution in [1.82, 2.24) is 25.6 Å². The summed E-state index contributed by atoms with van der Waals surface area (Å²) in [6.45, 7) is 2.31. The molecule has 1 aliphatic rings. The summed E-state index contributed by atoms with van der Waals surface area (Å²) in [7, 11) is 0. The van der Waals surface area contributed by atoms with Crippen LogP contribution in [0.2, 0.25) is 5.02 Å². The molecule has 0 radical (unpaired) electrons. The van der Waals surface area contributed by atoms with Crippen LogP contribution in [0.5, 0.6) is 0 Å². The Balaban J connectivity index is 1.49. The molecule has 0 atom stereocenters. The third-order valence-corrected chi connectivity index (χ3v) is 3.74. The molecule has 0 aliphatic carbocycles. The van der Waals surface area contributed by atoms with Crippen LogP contribution in [-0.2, 0) is 6.42 Å². The standard InChI is InChI=1S/C14H16ClN5O/c15-11-3-1-10(2-4-11)5-6-17-14(21)13-9-20(19-18-13)12-7-16-8-12/h1-4,9,12,16H,5-8H2,(H,17,21). The fourth-order valence-electron chi connectivity index (χ4n) is 2.08. The molecular formula is C14H16ClN5O. The van der Waals surface area contributed by atoms with Gasteiger partial charge in [0.2, 0.25) is 0 Å². The van der Waals surface area contributed by atoms with Crippen molar-refractivity contribution in [3.05, 3.63) is 46.7 Å². The second kappa shape index (κ2) is 6.24. The van der Waals surface area contributed by atoms with E-state index in [4.69, 9.17) is 11.6 Å². The van der Waals surface area contributed by atoms with Gasteiger partial charge in [0.15, 0.2) is 5.69 Å². The number of rotatable bonds is 5. The molecule has 110 valence electrons. The molecule has 21 heavy (non-hydrogen) atoms. The monoisotopic (exact) mass is 305 g/mol. The first-order valence-corrected chi connectivity index (χ1v) is 7.25. The molecular weight excluding hydrogens is 290 g/mol. The van der Waals surface area contributed by atoms with Crippen molar-refractivity contribution in [2.24, 2.45) is 0 Å². The third kappa shape index (κ3) is 3.40. The van der Waals surface area contributed by atoms with E-state index < -0.39 is 0 Å². The zero-order chi connectivity index (χ0) is 14.7. The van der Waals surface area contributed by atoms with E-state index in [9.17, 15) is 4.79 Å². The Morgan fingerprint density at radius 1 is 1.38 bits per heavy atom. The van der Waals surface area contributed by atoms with Crippen LogP contribution in [0.3, 0.4) is 0 Å². The lowest BCUT2D eigenvalue weighted by atomic mass is 10.1. The zero-order valence-electron chi connectivity index (χ0n) is 11.4. The van der Waals surface area contributed by atoms with Crippen LogP contribution in [-0.4, -0.2) is 40.5 Å². The van der Waals surface area contributed by atoms with E-state index in [1.807, 2.05) is 24.3 Å². The van der Waals surface area contributed by atoms with Gasteiger partial charge in [-0.05, 0) is 24.1 Å². The van der Waals surface area contributed by atoms with Gasteiger partial charge in [0.05, 0.1) is 12.2 Å². The predicted octanol–water partition coefficient (Wildman–Crippen LogP) is 1.05. The minimum Gasteiger partial charge on any atom is -0.350 e. The molecule has 1 aromatic carbocycles. The van der Waals surface area contributed by atoms with Crippen LogP contribution in [0.25, 0.3) is 0 Å². The summed E-state index contributed by atoms with van der Waals surface area (Å²) in [5.41, 5.74) is 1.49. The number of carbonyl (C=O) groups excluding carboxylic acids is 1. The van der Waals surface area contributed by atoms with Gasteiger partial charge in [-0.2, -0.15) is 0 Å². The highest BCUT2D eigenvalue weighted by Gasteiger charge is 2.21. The quantitative estimate of drug-likeness (QED) is 0.866. The SMILES string of the molecule is O=C(NCCc1ccc(Cl)cc1)c1cn(C2CNC2)nn1. The van der Waals surface area contributed by atoms with Gasteiger partial charge in [-0.3, -0.25) is 4.79 Å². The Bertz CT molecular complexity index is 621. The molecule has 0 bridgehead atoms. The lowest BCUT2D eigenvalue weighted by Crippen LogP contribution is -2.43. The Hall–Kier alpha value is -1.92. The summed E-state index contributed by atoms with van der Waals surface area (Å²) in [6.07, 6.45) is 2.45. The molecule has 0 saturated carbocycles. The van der Waals surface area contributed by atoms with Crippen molar-refractivity contribution in [2.45, 2.75) is 12.5 Å². The van der Waals surface area contributed by atoms with Crippen molar-refractivity contribution < 1.29 is 4.79 Å². The molecule has 1 saturated heterocycles. The van der Waals surface area contributed by atoms with Crippen molar-refractivity contribution in [2.75, 3.05) is 19.6 Å². The van der Waals surface area contributed by atoms with Crippen LogP contribution in [0, 0.1) is 0 Å². The molecule has 7 heteroatoms. The van der Waals surface area contributed by atoms with Gasteiger partial charge in [0.1, 0.15) is 0 Å². The fourth-order valence-corrected chi connectivity index (χ4v) is 2.21. The van der Waals surface area contributed by atoms with Gasteiger partial charge in [-0.25, -0.2) is 4.68 Å². The van der Waals surface area contributed by atoms with Crippen molar-refractivity contribution in [3.8, 4) is 0 Å². The smallest absolute Gasteiger partial charge is 0.273 e. The highest BCUT2D eigenvalue weighted by molar-refractivity contribution is 6.30. The highest BCUT2D eigenvalue weighted by atomic mass is 35.5. The number of nitrogens with zero attached hydrogens (tertiary/aromatic N) is 3. The lowest BCUT2D eigenvalue weighted by Gasteiger charge is -2.26. The Morgan fingerprint density at radius 3 is 2.81 bits per heavy atom. The molecule has 2 N–H and O–H groups in total. The van der Waals surface area contributed by atoms with E-state index in [2.05, 4.69) is 20.9 Å². The van der Waals surface area contributed by atoms with Crippen molar-refractivity contribution in [1.29, 1.82) is 0 Å². The normalized spacial score (nSPS) is 14.7. The van der Waals surface area contributed by atoms with Crippen LogP contribution in [0.1, 0.15) is 22.1 Å². The fraction of sp³-hybridized carbons (Fsp3) is 0.357. The first kappa shape index (κ1) is 14.0. The van der Waals surface area contributed by atoms with Crippen molar-refractivity contribution >= 4 is 17.5 Å². The average Bonchev–Trinajstić information content (AvgIpc) is 2.88. The number of aromatic nitrogens is 3. The van der Waals surface area contributed by atoms with Gasteiger partial charge in [-0.15, -0.1) is 5.10 Å². The molecule has 0 unspecified atom stereocenters. The highest BCUT2D eigenvalue weighted by Crippen LogP contribution is 2.10. The average molecular weight is 306 g/mol. The number of carbonyl (C=O) groups is 1. The molecule has 1 aromatic heterocycles. The van der Waals surface area contributed by atoms with E-state index in [1.165, 1.54) is 0 Å². The third-order valence-electron chi connectivity index (χ3n) is 3.49. The van der Waals surface area contributed by atoms with Gasteiger partial charge >= 0.3 is 0 Å². The second-order valence-corrected chi connectivity index (χ2v) is 5.46. The summed E-state index contributed by atoms with van der Waals surface area (Å²) in [6, 6.07) is 7.91. The van der Waals surface area contributed by atoms with E-state index in [0.29, 0.717) is 23.3 Å². The predicted molar refractivity (Wildman–Crippen MR) is 79.4 cm³/mol. The lowest BCUT2D eigenvalue weighted by molar-refractivity contribution is 0.0949. The number of nitrogens with one attached hydrogen (secondary N) is 2. The summed E-state index contributed by atoms with van der Waals surface area (Å²) < 4.78 is 1.74. The molecule has 2 aromatic rings. The molecule has 1 fully saturated rings. The summed E-state index contributed by atoms with van der Waals surface area (Å²) in [5, 5.41) is 14.6. The summed E-state index contributed by atoms with van der Waals surface area (Å²) in [5.74, 6) is -0.192. The Labute approximate surface area is 127 Å². The molecule has 0 spiro atoms. The molecule has 3 rings (SSSR count). The van der Waals surface area contributed by atoms with E-state index in [0.717, 1.165) is 25.1 Å². The Morgan fingerprint density at radius 2 is 2.14 bits per heavy atom. The number of amides is 1. The molecule has 1 amide bonds. The minimum absolute atomic E-state index is 0.192. The first-order chi connectivity index (χ1) is 10.2. The zero-order valence-corrected chi connectivity index (χ0v) is 12.2. The molecule has 2 heterocycles. The van der Waals surface area contributed by atoms with Crippen LogP contribution < -0.4 is 10.6 Å². The van der Waals surface area contributed by atoms with Gasteiger partial charge in [0, 0.05) is 24.7 Å². The van der Waals surface area contributed by atoms with Crippen LogP contribution >= 0.6 is 11.6 Å². The Kier molecular flexibility index (Phi) is 4.17. The number of hydrogen-bond donors (Lipinski definition) is 2. The first-order valence-electron chi connectivity index (χ1n) is 6.87. The number of hydrogen-bond acceptors (Lipinski definition) is 4. The molecule has 1 aliphatic heterocycles. The maximum absolute atomic E-state index is 12.0. The van der Waals surface area contributed by atoms with Crippen LogP contribution in [0.15, 0.2) is 30.5 Å². The van der Waals surface area contributed by atoms with Crippen molar-refractivity contribution in [3.63, 3.8) is 0 Å². The van der Waals surface area contributed by atoms with Gasteiger partial charge in [0.25, 0.3) is 5.91 Å². The van der Waals surface area contributed by atoms with E-state index in [-0.39, 0.29) is 5.91 Å². The van der Waals surface area contributed by atoms with E-state index in [1.54, 1.807) is 10.9 Å². The summed E-state index contributed by atoms with van der Waals surface area (Å²) in [4.78, 5) is 12.0.